The molecule has 0 unspecified atom stereocenters. The minimum Gasteiger partial charge on any atom is -0.337 e. The second-order valence-corrected chi connectivity index (χ2v) is 2.26. The van der Waals surface area contributed by atoms with Gasteiger partial charge in [0.15, 0.2) is 0 Å². The van der Waals surface area contributed by atoms with E-state index >= 15 is 0 Å². The van der Waals surface area contributed by atoms with Gasteiger partial charge in [-0.2, -0.15) is 4.98 Å². The zero-order chi connectivity index (χ0) is 8.10. The molecule has 1 aromatic heterocycles. The van der Waals surface area contributed by atoms with E-state index in [4.69, 9.17) is 21.9 Å². The topological polar surface area (TPSA) is 77.0 Å². The van der Waals surface area contributed by atoms with Crippen molar-refractivity contribution in [3.8, 4) is 0 Å². The van der Waals surface area contributed by atoms with Gasteiger partial charge >= 0.3 is 0 Å². The average Bonchev–Trinajstić information content (AvgIpc) is 2.37. The van der Waals surface area contributed by atoms with Gasteiger partial charge in [0.25, 0.3) is 5.28 Å². The first-order chi connectivity index (χ1) is 5.33. The lowest BCUT2D eigenvalue weighted by atomic mass is 10.6. The van der Waals surface area contributed by atoms with Gasteiger partial charge in [-0.15, -0.1) is 0 Å². The number of rotatable bonds is 4. The summed E-state index contributed by atoms with van der Waals surface area (Å²) in [5, 5.41) is 6.52. The second kappa shape index (κ2) is 4.27. The molecule has 0 fully saturated rings. The average molecular weight is 177 g/mol. The normalized spacial score (nSPS) is 10.4. The highest BCUT2D eigenvalue weighted by Gasteiger charge is 2.01. The van der Waals surface area contributed by atoms with E-state index in [0.29, 0.717) is 19.0 Å². The number of nitrogens with one attached hydrogen (secondary N) is 1. The Hall–Kier alpha value is -0.650. The molecule has 0 bridgehead atoms. The van der Waals surface area contributed by atoms with Crippen molar-refractivity contribution in [3.63, 3.8) is 0 Å². The monoisotopic (exact) mass is 176 g/mol. The predicted octanol–water partition coefficient (Wildman–Crippen LogP) is -0.229. The first-order valence-electron chi connectivity index (χ1n) is 3.22. The molecule has 11 heavy (non-hydrogen) atoms. The highest BCUT2D eigenvalue weighted by atomic mass is 35.5. The Morgan fingerprint density at radius 2 is 2.45 bits per heavy atom. The van der Waals surface area contributed by atoms with Crippen molar-refractivity contribution in [1.82, 2.24) is 15.5 Å². The molecule has 0 aliphatic heterocycles. The van der Waals surface area contributed by atoms with Crippen LogP contribution in [0, 0.1) is 0 Å². The number of aromatic nitrogens is 2. The summed E-state index contributed by atoms with van der Waals surface area (Å²) in [5.74, 6) is 0.475. The van der Waals surface area contributed by atoms with E-state index in [1.807, 2.05) is 0 Å². The SMILES string of the molecule is NCCNCc1nc(Cl)no1. The first kappa shape index (κ1) is 8.45. The third-order valence-corrected chi connectivity index (χ3v) is 1.19. The van der Waals surface area contributed by atoms with E-state index in [1.54, 1.807) is 0 Å². The fourth-order valence-electron chi connectivity index (χ4n) is 0.603. The Morgan fingerprint density at radius 3 is 3.00 bits per heavy atom. The molecule has 0 atom stereocenters. The maximum atomic E-state index is 5.40. The Morgan fingerprint density at radius 1 is 1.64 bits per heavy atom. The van der Waals surface area contributed by atoms with Crippen molar-refractivity contribution in [3.05, 3.63) is 11.2 Å². The highest BCUT2D eigenvalue weighted by molar-refractivity contribution is 6.28. The molecule has 0 saturated carbocycles. The summed E-state index contributed by atoms with van der Waals surface area (Å²) in [6.07, 6.45) is 0. The maximum Gasteiger partial charge on any atom is 0.263 e. The van der Waals surface area contributed by atoms with Gasteiger partial charge in [0.2, 0.25) is 5.89 Å². The van der Waals surface area contributed by atoms with Gasteiger partial charge in [0, 0.05) is 13.1 Å². The first-order valence-corrected chi connectivity index (χ1v) is 3.59. The van der Waals surface area contributed by atoms with Crippen molar-refractivity contribution >= 4 is 11.6 Å². The number of nitrogens with two attached hydrogens (primary N) is 1. The van der Waals surface area contributed by atoms with E-state index in [1.165, 1.54) is 0 Å². The molecule has 5 nitrogen and oxygen atoms in total. The van der Waals surface area contributed by atoms with Crippen molar-refractivity contribution in [1.29, 1.82) is 0 Å². The van der Waals surface area contributed by atoms with Crippen LogP contribution in [0.2, 0.25) is 5.28 Å². The number of hydrogen-bond acceptors (Lipinski definition) is 5. The van der Waals surface area contributed by atoms with Crippen LogP contribution in [0.25, 0.3) is 0 Å². The zero-order valence-corrected chi connectivity index (χ0v) is 6.64. The molecule has 62 valence electrons. The molecule has 1 rings (SSSR count). The third kappa shape index (κ3) is 2.83. The predicted molar refractivity (Wildman–Crippen MR) is 40.1 cm³/mol. The van der Waals surface area contributed by atoms with Gasteiger partial charge in [-0.25, -0.2) is 0 Å². The van der Waals surface area contributed by atoms with Crippen molar-refractivity contribution in [2.75, 3.05) is 13.1 Å². The van der Waals surface area contributed by atoms with E-state index in [0.717, 1.165) is 6.54 Å². The number of hydrogen-bond donors (Lipinski definition) is 2. The quantitative estimate of drug-likeness (QED) is 0.620. The maximum absolute atomic E-state index is 5.40. The van der Waals surface area contributed by atoms with E-state index in [9.17, 15) is 0 Å². The summed E-state index contributed by atoms with van der Waals surface area (Å²) in [4.78, 5) is 3.77. The molecule has 0 saturated heterocycles. The Bertz CT molecular complexity index is 214. The molecule has 0 aliphatic rings. The van der Waals surface area contributed by atoms with Crippen LogP contribution in [0.15, 0.2) is 4.52 Å². The van der Waals surface area contributed by atoms with Gasteiger partial charge in [-0.05, 0) is 16.8 Å². The zero-order valence-electron chi connectivity index (χ0n) is 5.88. The minimum atomic E-state index is 0.134. The lowest BCUT2D eigenvalue weighted by Crippen LogP contribution is -2.21. The van der Waals surface area contributed by atoms with Gasteiger partial charge in [0.1, 0.15) is 0 Å². The fraction of sp³-hybridized carbons (Fsp3) is 0.600. The van der Waals surface area contributed by atoms with E-state index < -0.39 is 0 Å². The van der Waals surface area contributed by atoms with Gasteiger partial charge in [-0.1, -0.05) is 0 Å². The van der Waals surface area contributed by atoms with Crippen molar-refractivity contribution in [2.45, 2.75) is 6.54 Å². The fourth-order valence-corrected chi connectivity index (χ4v) is 0.732. The molecule has 0 spiro atoms. The van der Waals surface area contributed by atoms with Gasteiger partial charge < -0.3 is 15.6 Å². The van der Waals surface area contributed by atoms with Crippen LogP contribution in [0.4, 0.5) is 0 Å². The summed E-state index contributed by atoms with van der Waals surface area (Å²) in [6, 6.07) is 0. The van der Waals surface area contributed by atoms with Crippen molar-refractivity contribution in [2.24, 2.45) is 5.73 Å². The van der Waals surface area contributed by atoms with Gasteiger partial charge in [0.05, 0.1) is 6.54 Å². The van der Waals surface area contributed by atoms with Crippen LogP contribution in [0.1, 0.15) is 5.89 Å². The van der Waals surface area contributed by atoms with Crippen LogP contribution in [0.5, 0.6) is 0 Å². The summed E-state index contributed by atoms with van der Waals surface area (Å²) >= 11 is 5.40. The molecule has 0 radical (unpaired) electrons. The molecule has 1 heterocycles. The minimum absolute atomic E-state index is 0.134. The Labute approximate surface area is 68.9 Å². The summed E-state index contributed by atoms with van der Waals surface area (Å²) in [7, 11) is 0. The lowest BCUT2D eigenvalue weighted by molar-refractivity contribution is 0.367. The molecule has 6 heteroatoms. The molecule has 0 aliphatic carbocycles. The number of nitrogens with zero attached hydrogens (tertiary/aromatic N) is 2. The molecular formula is C5H9ClN4O. The lowest BCUT2D eigenvalue weighted by Gasteiger charge is -1.95. The summed E-state index contributed by atoms with van der Waals surface area (Å²) in [6.45, 7) is 1.82. The van der Waals surface area contributed by atoms with Crippen LogP contribution in [-0.4, -0.2) is 23.2 Å². The van der Waals surface area contributed by atoms with Crippen LogP contribution < -0.4 is 11.1 Å². The second-order valence-electron chi connectivity index (χ2n) is 1.92. The Balaban J connectivity index is 2.27. The molecule has 0 amide bonds. The largest absolute Gasteiger partial charge is 0.337 e. The van der Waals surface area contributed by atoms with Crippen LogP contribution in [-0.2, 0) is 6.54 Å². The molecular weight excluding hydrogens is 168 g/mol. The summed E-state index contributed by atoms with van der Waals surface area (Å²) in [5.41, 5.74) is 5.24. The molecule has 3 N–H and O–H groups in total. The third-order valence-electron chi connectivity index (χ3n) is 1.04. The standard InChI is InChI=1S/C5H9ClN4O/c6-5-9-4(11-10-5)3-8-2-1-7/h8H,1-3,7H2. The molecule has 0 aromatic carbocycles. The van der Waals surface area contributed by atoms with Crippen molar-refractivity contribution < 1.29 is 4.52 Å². The summed E-state index contributed by atoms with van der Waals surface area (Å²) < 4.78 is 4.71. The number of halogens is 1. The Kier molecular flexibility index (Phi) is 3.28. The smallest absolute Gasteiger partial charge is 0.263 e. The highest BCUT2D eigenvalue weighted by Crippen LogP contribution is 2.01. The van der Waals surface area contributed by atoms with Crippen LogP contribution in [0.3, 0.4) is 0 Å². The van der Waals surface area contributed by atoms with Crippen LogP contribution >= 0.6 is 11.6 Å². The van der Waals surface area contributed by atoms with Gasteiger partial charge in [-0.3, -0.25) is 0 Å². The van der Waals surface area contributed by atoms with E-state index in [2.05, 4.69) is 15.5 Å². The van der Waals surface area contributed by atoms with E-state index in [-0.39, 0.29) is 5.28 Å². The molecule has 1 aromatic rings.